The van der Waals surface area contributed by atoms with Crippen LogP contribution in [0.1, 0.15) is 17.3 Å². The molecule has 21 heavy (non-hydrogen) atoms. The quantitative estimate of drug-likeness (QED) is 0.358. The summed E-state index contributed by atoms with van der Waals surface area (Å²) >= 11 is 2.04. The standard InChI is InChI=1S/C13H16IN3O4/c1-2-16-11(18)6-17-12(19)7-21-13(20)9-5-8(14)3-4-10(9)15/h3-5H,2,6-7,15H2,1H3,(H,16,18)(H,17,19). The fourth-order valence-corrected chi connectivity index (χ4v) is 1.89. The van der Waals surface area contributed by atoms with Gasteiger partial charge >= 0.3 is 5.97 Å². The van der Waals surface area contributed by atoms with Crippen molar-refractivity contribution >= 4 is 46.1 Å². The molecule has 0 fully saturated rings. The Bertz CT molecular complexity index is 548. The third kappa shape index (κ3) is 5.98. The molecular formula is C13H16IN3O4. The lowest BCUT2D eigenvalue weighted by atomic mass is 10.2. The zero-order valence-corrected chi connectivity index (χ0v) is 13.6. The van der Waals surface area contributed by atoms with Gasteiger partial charge in [-0.2, -0.15) is 0 Å². The van der Waals surface area contributed by atoms with E-state index in [1.807, 2.05) is 22.6 Å². The molecule has 0 radical (unpaired) electrons. The minimum atomic E-state index is -0.681. The Balaban J connectivity index is 2.44. The third-order valence-corrected chi connectivity index (χ3v) is 3.06. The van der Waals surface area contributed by atoms with E-state index in [1.165, 1.54) is 0 Å². The number of ether oxygens (including phenoxy) is 1. The molecule has 114 valence electrons. The zero-order valence-electron chi connectivity index (χ0n) is 11.4. The number of likely N-dealkylation sites (N-methyl/N-ethyl adjacent to an activating group) is 1. The van der Waals surface area contributed by atoms with Gasteiger partial charge in [0.05, 0.1) is 12.1 Å². The van der Waals surface area contributed by atoms with Gasteiger partial charge in [-0.3, -0.25) is 9.59 Å². The second-order valence-corrected chi connectivity index (χ2v) is 5.28. The zero-order chi connectivity index (χ0) is 15.8. The van der Waals surface area contributed by atoms with E-state index in [9.17, 15) is 14.4 Å². The minimum Gasteiger partial charge on any atom is -0.452 e. The first-order valence-electron chi connectivity index (χ1n) is 6.19. The van der Waals surface area contributed by atoms with Crippen molar-refractivity contribution in [3.8, 4) is 0 Å². The molecule has 0 aliphatic heterocycles. The van der Waals surface area contributed by atoms with Crippen LogP contribution in [0, 0.1) is 3.57 Å². The molecule has 0 heterocycles. The molecular weight excluding hydrogens is 389 g/mol. The van der Waals surface area contributed by atoms with Crippen LogP contribution in [0.25, 0.3) is 0 Å². The summed E-state index contributed by atoms with van der Waals surface area (Å²) in [7, 11) is 0. The maximum atomic E-state index is 11.8. The lowest BCUT2D eigenvalue weighted by Crippen LogP contribution is -2.38. The number of hydrogen-bond acceptors (Lipinski definition) is 5. The van der Waals surface area contributed by atoms with E-state index in [1.54, 1.807) is 25.1 Å². The summed E-state index contributed by atoms with van der Waals surface area (Å²) in [5, 5.41) is 4.87. The number of esters is 1. The lowest BCUT2D eigenvalue weighted by molar-refractivity contribution is -0.127. The van der Waals surface area contributed by atoms with Gasteiger partial charge in [0.2, 0.25) is 5.91 Å². The molecule has 0 spiro atoms. The molecule has 1 aromatic carbocycles. The van der Waals surface area contributed by atoms with Crippen LogP contribution in [0.4, 0.5) is 5.69 Å². The number of rotatable bonds is 6. The smallest absolute Gasteiger partial charge is 0.340 e. The SMILES string of the molecule is CCNC(=O)CNC(=O)COC(=O)c1cc(I)ccc1N. The Kier molecular flexibility index (Phi) is 6.92. The van der Waals surface area contributed by atoms with Crippen molar-refractivity contribution in [2.75, 3.05) is 25.4 Å². The van der Waals surface area contributed by atoms with Crippen LogP contribution < -0.4 is 16.4 Å². The molecule has 8 heteroatoms. The highest BCUT2D eigenvalue weighted by Gasteiger charge is 2.14. The van der Waals surface area contributed by atoms with Crippen molar-refractivity contribution in [1.82, 2.24) is 10.6 Å². The summed E-state index contributed by atoms with van der Waals surface area (Å²) in [5.41, 5.74) is 6.16. The predicted molar refractivity (Wildman–Crippen MR) is 85.5 cm³/mol. The fraction of sp³-hybridized carbons (Fsp3) is 0.308. The van der Waals surface area contributed by atoms with Gasteiger partial charge in [-0.05, 0) is 47.7 Å². The van der Waals surface area contributed by atoms with Gasteiger partial charge in [-0.1, -0.05) is 0 Å². The van der Waals surface area contributed by atoms with Crippen molar-refractivity contribution in [2.24, 2.45) is 0 Å². The van der Waals surface area contributed by atoms with Crippen molar-refractivity contribution < 1.29 is 19.1 Å². The molecule has 1 rings (SSSR count). The molecule has 0 aliphatic carbocycles. The highest BCUT2D eigenvalue weighted by molar-refractivity contribution is 14.1. The fourth-order valence-electron chi connectivity index (χ4n) is 1.40. The molecule has 0 aromatic heterocycles. The molecule has 0 bridgehead atoms. The molecule has 0 aliphatic rings. The van der Waals surface area contributed by atoms with Gasteiger partial charge in [0.15, 0.2) is 6.61 Å². The molecule has 1 aromatic rings. The molecule has 2 amide bonds. The van der Waals surface area contributed by atoms with Gasteiger partial charge < -0.3 is 21.1 Å². The Labute approximate surface area is 135 Å². The van der Waals surface area contributed by atoms with Gasteiger partial charge in [0, 0.05) is 15.8 Å². The van der Waals surface area contributed by atoms with Crippen LogP contribution >= 0.6 is 22.6 Å². The first kappa shape index (κ1) is 17.2. The van der Waals surface area contributed by atoms with Crippen molar-refractivity contribution in [3.63, 3.8) is 0 Å². The molecule has 4 N–H and O–H groups in total. The summed E-state index contributed by atoms with van der Waals surface area (Å²) in [6, 6.07) is 4.92. The molecule has 0 saturated heterocycles. The van der Waals surface area contributed by atoms with Crippen LogP contribution in [0.5, 0.6) is 0 Å². The first-order valence-corrected chi connectivity index (χ1v) is 7.27. The van der Waals surface area contributed by atoms with E-state index in [-0.39, 0.29) is 23.7 Å². The maximum absolute atomic E-state index is 11.8. The van der Waals surface area contributed by atoms with Gasteiger partial charge in [-0.15, -0.1) is 0 Å². The second kappa shape index (κ2) is 8.45. The lowest BCUT2D eigenvalue weighted by Gasteiger charge is -2.08. The van der Waals surface area contributed by atoms with Gasteiger partial charge in [0.1, 0.15) is 0 Å². The average Bonchev–Trinajstić information content (AvgIpc) is 2.45. The van der Waals surface area contributed by atoms with E-state index >= 15 is 0 Å². The number of carbonyl (C=O) groups is 3. The number of nitrogens with two attached hydrogens (primary N) is 1. The number of hydrogen-bond donors (Lipinski definition) is 3. The van der Waals surface area contributed by atoms with Gasteiger partial charge in [0.25, 0.3) is 5.91 Å². The largest absolute Gasteiger partial charge is 0.452 e. The van der Waals surface area contributed by atoms with Gasteiger partial charge in [-0.25, -0.2) is 4.79 Å². The summed E-state index contributed by atoms with van der Waals surface area (Å²) in [5.74, 6) is -1.54. The average molecular weight is 405 g/mol. The summed E-state index contributed by atoms with van der Waals surface area (Å²) in [6.45, 7) is 1.63. The van der Waals surface area contributed by atoms with E-state index in [0.29, 0.717) is 6.54 Å². The Hall–Kier alpha value is -1.84. The van der Waals surface area contributed by atoms with Crippen LogP contribution in [-0.4, -0.2) is 37.5 Å². The van der Waals surface area contributed by atoms with Crippen LogP contribution in [0.2, 0.25) is 0 Å². The topological polar surface area (TPSA) is 111 Å². The minimum absolute atomic E-state index is 0.157. The molecule has 7 nitrogen and oxygen atoms in total. The Morgan fingerprint density at radius 1 is 1.24 bits per heavy atom. The monoisotopic (exact) mass is 405 g/mol. The number of nitrogens with one attached hydrogen (secondary N) is 2. The summed E-state index contributed by atoms with van der Waals surface area (Å²) in [6.07, 6.45) is 0. The number of anilines is 1. The van der Waals surface area contributed by atoms with E-state index in [0.717, 1.165) is 3.57 Å². The molecule has 0 unspecified atom stereocenters. The van der Waals surface area contributed by atoms with E-state index in [2.05, 4.69) is 10.6 Å². The van der Waals surface area contributed by atoms with Crippen LogP contribution in [0.15, 0.2) is 18.2 Å². The number of halogens is 1. The maximum Gasteiger partial charge on any atom is 0.340 e. The van der Waals surface area contributed by atoms with Crippen molar-refractivity contribution in [1.29, 1.82) is 0 Å². The molecule has 0 saturated carbocycles. The second-order valence-electron chi connectivity index (χ2n) is 4.04. The van der Waals surface area contributed by atoms with E-state index in [4.69, 9.17) is 10.5 Å². The number of carbonyl (C=O) groups excluding carboxylic acids is 3. The van der Waals surface area contributed by atoms with Crippen LogP contribution in [0.3, 0.4) is 0 Å². The van der Waals surface area contributed by atoms with Crippen molar-refractivity contribution in [2.45, 2.75) is 6.92 Å². The van der Waals surface area contributed by atoms with Crippen molar-refractivity contribution in [3.05, 3.63) is 27.3 Å². The number of nitrogen functional groups attached to an aromatic ring is 1. The predicted octanol–water partition coefficient (Wildman–Crippen LogP) is 0.282. The summed E-state index contributed by atoms with van der Waals surface area (Å²) < 4.78 is 5.68. The number of amides is 2. The Morgan fingerprint density at radius 3 is 2.62 bits per heavy atom. The Morgan fingerprint density at radius 2 is 1.95 bits per heavy atom. The number of benzene rings is 1. The molecule has 0 atom stereocenters. The highest BCUT2D eigenvalue weighted by atomic mass is 127. The van der Waals surface area contributed by atoms with Crippen LogP contribution in [-0.2, 0) is 14.3 Å². The summed E-state index contributed by atoms with van der Waals surface area (Å²) in [4.78, 5) is 34.4. The normalized spacial score (nSPS) is 9.81. The third-order valence-electron chi connectivity index (χ3n) is 2.39. The highest BCUT2D eigenvalue weighted by Crippen LogP contribution is 2.16. The first-order chi connectivity index (χ1) is 9.93. The van der Waals surface area contributed by atoms with E-state index < -0.39 is 18.5 Å².